The molecule has 1 atom stereocenters. The summed E-state index contributed by atoms with van der Waals surface area (Å²) in [7, 11) is 0. The first-order valence-electron chi connectivity index (χ1n) is 9.01. The van der Waals surface area contributed by atoms with Crippen LogP contribution in [-0.4, -0.2) is 37.0 Å². The maximum atomic E-state index is 12.1. The van der Waals surface area contributed by atoms with Gasteiger partial charge in [0.2, 0.25) is 5.95 Å². The van der Waals surface area contributed by atoms with E-state index in [1.807, 2.05) is 24.4 Å². The Morgan fingerprint density at radius 3 is 2.89 bits per heavy atom. The fraction of sp³-hybridized carbons (Fsp3) is 0.444. The van der Waals surface area contributed by atoms with E-state index in [0.717, 1.165) is 35.4 Å². The molecule has 1 saturated heterocycles. The van der Waals surface area contributed by atoms with Crippen molar-refractivity contribution in [2.75, 3.05) is 11.9 Å². The highest BCUT2D eigenvalue weighted by Crippen LogP contribution is 2.42. The van der Waals surface area contributed by atoms with Crippen LogP contribution in [0.2, 0.25) is 5.02 Å². The molecule has 27 heavy (non-hydrogen) atoms. The summed E-state index contributed by atoms with van der Waals surface area (Å²) in [6.45, 7) is 4.13. The maximum Gasteiger partial charge on any atom is 0.333 e. The number of nitrogens with one attached hydrogen (secondary N) is 1. The molecule has 140 valence electrons. The second-order valence-electron chi connectivity index (χ2n) is 7.43. The minimum atomic E-state index is -0.775. The third-order valence-corrected chi connectivity index (χ3v) is 5.71. The summed E-state index contributed by atoms with van der Waals surface area (Å²) in [4.78, 5) is 16.5. The first kappa shape index (κ1) is 16.6. The normalized spacial score (nSPS) is 22.4. The first-order valence-corrected chi connectivity index (χ1v) is 9.39. The third kappa shape index (κ3) is 2.58. The zero-order valence-corrected chi connectivity index (χ0v) is 15.8. The number of nitrogens with zero attached hydrogens (tertiary/aromatic N) is 5. The van der Waals surface area contributed by atoms with Gasteiger partial charge in [0.1, 0.15) is 5.52 Å². The molecule has 3 aromatic rings. The summed E-state index contributed by atoms with van der Waals surface area (Å²) in [6, 6.07) is 1.98. The molecule has 2 aliphatic rings. The predicted octanol–water partition coefficient (Wildman–Crippen LogP) is 3.17. The van der Waals surface area contributed by atoms with Gasteiger partial charge in [-0.15, -0.1) is 5.10 Å². The molecule has 0 radical (unpaired) electrons. The second-order valence-corrected chi connectivity index (χ2v) is 7.83. The Kier molecular flexibility index (Phi) is 3.49. The lowest BCUT2D eigenvalue weighted by Gasteiger charge is -2.19. The van der Waals surface area contributed by atoms with E-state index >= 15 is 0 Å². The zero-order valence-electron chi connectivity index (χ0n) is 15.1. The Labute approximate surface area is 160 Å². The van der Waals surface area contributed by atoms with Gasteiger partial charge in [0, 0.05) is 18.0 Å². The van der Waals surface area contributed by atoms with E-state index < -0.39 is 5.54 Å². The van der Waals surface area contributed by atoms with Crippen molar-refractivity contribution in [2.45, 2.75) is 44.6 Å². The molecule has 5 rings (SSSR count). The number of hydrogen-bond acceptors (Lipinski definition) is 6. The van der Waals surface area contributed by atoms with Gasteiger partial charge in [0.15, 0.2) is 5.54 Å². The van der Waals surface area contributed by atoms with Gasteiger partial charge in [-0.25, -0.2) is 14.3 Å². The van der Waals surface area contributed by atoms with Crippen molar-refractivity contribution >= 4 is 34.7 Å². The van der Waals surface area contributed by atoms with E-state index in [-0.39, 0.29) is 5.97 Å². The number of halogens is 1. The van der Waals surface area contributed by atoms with E-state index in [2.05, 4.69) is 20.5 Å². The summed E-state index contributed by atoms with van der Waals surface area (Å²) < 4.78 is 8.65. The molecule has 4 heterocycles. The molecule has 0 bridgehead atoms. The maximum absolute atomic E-state index is 12.1. The first-order chi connectivity index (χ1) is 13.0. The van der Waals surface area contributed by atoms with Crippen molar-refractivity contribution in [3.63, 3.8) is 0 Å². The quantitative estimate of drug-likeness (QED) is 0.693. The van der Waals surface area contributed by atoms with Crippen LogP contribution in [0.4, 0.5) is 11.6 Å². The number of ether oxygens (including phenoxy) is 1. The van der Waals surface area contributed by atoms with Gasteiger partial charge in [-0.05, 0) is 32.8 Å². The number of cyclic esters (lactones) is 1. The standard InChI is InChI=1S/C18H19ClN6O2/c1-10-13(9-24(22-10)18(2)5-6-27-16(18)26)21-17-20-8-15-12(19)7-14(11-3-4-11)25(15)23-17/h7-9,11H,3-6H2,1-2H3,(H,21,23). The number of anilines is 2. The van der Waals surface area contributed by atoms with Crippen LogP contribution in [0.3, 0.4) is 0 Å². The number of carbonyl (C=O) groups is 1. The van der Waals surface area contributed by atoms with Gasteiger partial charge in [-0.1, -0.05) is 11.6 Å². The van der Waals surface area contributed by atoms with Crippen LogP contribution in [0.25, 0.3) is 5.52 Å². The minimum absolute atomic E-state index is 0.259. The number of fused-ring (bicyclic) bond motifs is 1. The van der Waals surface area contributed by atoms with Crippen molar-refractivity contribution in [1.82, 2.24) is 24.4 Å². The van der Waals surface area contributed by atoms with E-state index in [1.54, 1.807) is 17.1 Å². The molecule has 1 unspecified atom stereocenters. The number of esters is 1. The Morgan fingerprint density at radius 2 is 2.19 bits per heavy atom. The van der Waals surface area contributed by atoms with Crippen molar-refractivity contribution in [2.24, 2.45) is 0 Å². The molecule has 0 spiro atoms. The summed E-state index contributed by atoms with van der Waals surface area (Å²) in [6.07, 6.45) is 6.45. The molecule has 1 aliphatic carbocycles. The average molecular weight is 387 g/mol. The monoisotopic (exact) mass is 386 g/mol. The van der Waals surface area contributed by atoms with Gasteiger partial charge >= 0.3 is 5.97 Å². The van der Waals surface area contributed by atoms with Gasteiger partial charge in [0.05, 0.1) is 35.4 Å². The Bertz CT molecular complexity index is 1070. The summed E-state index contributed by atoms with van der Waals surface area (Å²) in [5.74, 6) is 0.717. The SMILES string of the molecule is Cc1nn(C2(C)CCOC2=O)cc1Nc1ncc2c(Cl)cc(C3CC3)n2n1. The molecule has 1 N–H and O–H groups in total. The zero-order chi connectivity index (χ0) is 18.8. The van der Waals surface area contributed by atoms with Gasteiger partial charge < -0.3 is 10.1 Å². The van der Waals surface area contributed by atoms with Crippen molar-refractivity contribution in [3.05, 3.63) is 34.9 Å². The topological polar surface area (TPSA) is 86.3 Å². The van der Waals surface area contributed by atoms with E-state index in [0.29, 0.717) is 29.9 Å². The van der Waals surface area contributed by atoms with Crippen LogP contribution in [0, 0.1) is 6.92 Å². The molecule has 2 fully saturated rings. The number of rotatable bonds is 4. The molecule has 0 aromatic carbocycles. The Hall–Kier alpha value is -2.61. The summed E-state index contributed by atoms with van der Waals surface area (Å²) in [5, 5.41) is 13.0. The van der Waals surface area contributed by atoms with Gasteiger partial charge in [0.25, 0.3) is 0 Å². The van der Waals surface area contributed by atoms with E-state index in [9.17, 15) is 4.79 Å². The molecule has 1 aliphatic heterocycles. The van der Waals surface area contributed by atoms with Crippen LogP contribution in [-0.2, 0) is 15.1 Å². The van der Waals surface area contributed by atoms with Crippen LogP contribution >= 0.6 is 11.6 Å². The van der Waals surface area contributed by atoms with Crippen molar-refractivity contribution < 1.29 is 9.53 Å². The van der Waals surface area contributed by atoms with Crippen LogP contribution in [0.1, 0.15) is 43.5 Å². The van der Waals surface area contributed by atoms with Crippen LogP contribution in [0.15, 0.2) is 18.5 Å². The summed E-state index contributed by atoms with van der Waals surface area (Å²) in [5.41, 5.74) is 2.66. The molecular weight excluding hydrogens is 368 g/mol. The lowest BCUT2D eigenvalue weighted by atomic mass is 10.0. The van der Waals surface area contributed by atoms with Crippen molar-refractivity contribution in [1.29, 1.82) is 0 Å². The second kappa shape index (κ2) is 5.69. The predicted molar refractivity (Wildman–Crippen MR) is 99.4 cm³/mol. The molecule has 0 amide bonds. The van der Waals surface area contributed by atoms with Gasteiger partial charge in [-0.2, -0.15) is 5.10 Å². The number of aryl methyl sites for hydroxylation is 1. The highest BCUT2D eigenvalue weighted by Gasteiger charge is 2.43. The summed E-state index contributed by atoms with van der Waals surface area (Å²) >= 11 is 6.31. The smallest absolute Gasteiger partial charge is 0.333 e. The molecule has 3 aromatic heterocycles. The minimum Gasteiger partial charge on any atom is -0.464 e. The number of aromatic nitrogens is 5. The molecular formula is C18H19ClN6O2. The number of hydrogen-bond donors (Lipinski definition) is 1. The third-order valence-electron chi connectivity index (χ3n) is 5.40. The van der Waals surface area contributed by atoms with E-state index in [4.69, 9.17) is 16.3 Å². The van der Waals surface area contributed by atoms with E-state index in [1.165, 1.54) is 0 Å². The average Bonchev–Trinajstić information content (AvgIpc) is 3.24. The van der Waals surface area contributed by atoms with Gasteiger partial charge in [-0.3, -0.25) is 4.68 Å². The largest absolute Gasteiger partial charge is 0.464 e. The molecule has 1 saturated carbocycles. The highest BCUT2D eigenvalue weighted by molar-refractivity contribution is 6.34. The van der Waals surface area contributed by atoms with Crippen LogP contribution < -0.4 is 5.32 Å². The lowest BCUT2D eigenvalue weighted by Crippen LogP contribution is -2.35. The fourth-order valence-electron chi connectivity index (χ4n) is 3.47. The van der Waals surface area contributed by atoms with Crippen LogP contribution in [0.5, 0.6) is 0 Å². The van der Waals surface area contributed by atoms with Crippen molar-refractivity contribution in [3.8, 4) is 0 Å². The number of carbonyl (C=O) groups excluding carboxylic acids is 1. The lowest BCUT2D eigenvalue weighted by molar-refractivity contribution is -0.145. The fourth-order valence-corrected chi connectivity index (χ4v) is 3.71. The highest BCUT2D eigenvalue weighted by atomic mass is 35.5. The molecule has 8 nitrogen and oxygen atoms in total. The Balaban J connectivity index is 1.49. The Morgan fingerprint density at radius 1 is 1.37 bits per heavy atom. The molecule has 9 heteroatoms.